The molecule has 22 heavy (non-hydrogen) atoms. The second kappa shape index (κ2) is 6.68. The van der Waals surface area contributed by atoms with Gasteiger partial charge in [-0.15, -0.1) is 0 Å². The van der Waals surface area contributed by atoms with Crippen LogP contribution in [0.2, 0.25) is 0 Å². The van der Waals surface area contributed by atoms with Gasteiger partial charge in [-0.25, -0.2) is 4.79 Å². The van der Waals surface area contributed by atoms with E-state index in [-0.39, 0.29) is 12.2 Å². The zero-order valence-electron chi connectivity index (χ0n) is 11.8. The third kappa shape index (κ3) is 4.03. The van der Waals surface area contributed by atoms with Gasteiger partial charge in [0.2, 0.25) is 0 Å². The van der Waals surface area contributed by atoms with Gasteiger partial charge in [0.05, 0.1) is 17.2 Å². The van der Waals surface area contributed by atoms with Crippen LogP contribution < -0.4 is 10.6 Å². The van der Waals surface area contributed by atoms with E-state index < -0.39 is 17.1 Å². The summed E-state index contributed by atoms with van der Waals surface area (Å²) >= 11 is 0. The van der Waals surface area contributed by atoms with Crippen LogP contribution in [0.1, 0.15) is 11.7 Å². The summed E-state index contributed by atoms with van der Waals surface area (Å²) in [5.41, 5.74) is 0.954. The van der Waals surface area contributed by atoms with Crippen molar-refractivity contribution in [3.63, 3.8) is 0 Å². The molecule has 1 heterocycles. The number of urea groups is 1. The lowest BCUT2D eigenvalue weighted by Gasteiger charge is -2.11. The quantitative estimate of drug-likeness (QED) is 0.565. The van der Waals surface area contributed by atoms with E-state index in [2.05, 4.69) is 15.7 Å². The highest BCUT2D eigenvalue weighted by atomic mass is 16.6. The Morgan fingerprint density at radius 1 is 1.45 bits per heavy atom. The molecule has 0 aliphatic heterocycles. The molecule has 3 N–H and O–H groups in total. The summed E-state index contributed by atoms with van der Waals surface area (Å²) in [6, 6.07) is 4.92. The summed E-state index contributed by atoms with van der Waals surface area (Å²) in [7, 11) is 1.73. The molecule has 0 saturated carbocycles. The number of nitro groups is 1. The maximum Gasteiger partial charge on any atom is 0.319 e. The molecule has 116 valence electrons. The summed E-state index contributed by atoms with van der Waals surface area (Å²) in [6.07, 6.45) is 2.30. The Morgan fingerprint density at radius 2 is 2.14 bits per heavy atom. The number of hydrogen-bond donors (Lipinski definition) is 3. The molecule has 2 rings (SSSR count). The van der Waals surface area contributed by atoms with Crippen LogP contribution in [0.3, 0.4) is 0 Å². The second-order valence-corrected chi connectivity index (χ2v) is 4.60. The van der Waals surface area contributed by atoms with Crippen LogP contribution in [0.15, 0.2) is 36.7 Å². The average Bonchev–Trinajstić information content (AvgIpc) is 2.92. The standard InChI is InChI=1S/C13H15N5O4/c1-17-8-9(6-15-17)12(19)7-14-13(20)16-10-2-4-11(5-3-10)18(21)22/h2-6,8,12,19H,7H2,1H3,(H2,14,16,20)/t12-/m0/s1. The molecule has 1 aromatic heterocycles. The third-order valence-electron chi connectivity index (χ3n) is 2.90. The minimum Gasteiger partial charge on any atom is -0.386 e. The Kier molecular flexibility index (Phi) is 4.69. The number of nitrogens with one attached hydrogen (secondary N) is 2. The van der Waals surface area contributed by atoms with Crippen molar-refractivity contribution in [3.8, 4) is 0 Å². The molecule has 9 nitrogen and oxygen atoms in total. The first kappa shape index (κ1) is 15.4. The van der Waals surface area contributed by atoms with E-state index in [0.717, 1.165) is 0 Å². The first-order chi connectivity index (χ1) is 10.5. The minimum absolute atomic E-state index is 0.0184. The molecular weight excluding hydrogens is 290 g/mol. The van der Waals surface area contributed by atoms with E-state index in [9.17, 15) is 20.0 Å². The number of carbonyl (C=O) groups is 1. The smallest absolute Gasteiger partial charge is 0.319 e. The highest BCUT2D eigenvalue weighted by Gasteiger charge is 2.11. The number of rotatable bonds is 5. The van der Waals surface area contributed by atoms with Crippen molar-refractivity contribution in [2.45, 2.75) is 6.10 Å². The van der Waals surface area contributed by atoms with Crippen molar-refractivity contribution in [2.75, 3.05) is 11.9 Å². The number of aliphatic hydroxyl groups excluding tert-OH is 1. The Hall–Kier alpha value is -2.94. The number of amides is 2. The SMILES string of the molecule is Cn1cc([C@@H](O)CNC(=O)Nc2ccc([N+](=O)[O-])cc2)cn1. The molecule has 0 saturated heterocycles. The zero-order valence-corrected chi connectivity index (χ0v) is 11.8. The maximum atomic E-state index is 11.7. The molecule has 9 heteroatoms. The van der Waals surface area contributed by atoms with Crippen LogP contribution in [0, 0.1) is 10.1 Å². The number of nitro benzene ring substituents is 1. The van der Waals surface area contributed by atoms with Crippen LogP contribution in [0.5, 0.6) is 0 Å². The van der Waals surface area contributed by atoms with E-state index in [1.165, 1.54) is 30.5 Å². The van der Waals surface area contributed by atoms with Gasteiger partial charge in [0.1, 0.15) is 0 Å². The number of hydrogen-bond acceptors (Lipinski definition) is 5. The predicted molar refractivity (Wildman–Crippen MR) is 78.3 cm³/mol. The lowest BCUT2D eigenvalue weighted by atomic mass is 10.2. The monoisotopic (exact) mass is 305 g/mol. The van der Waals surface area contributed by atoms with Crippen molar-refractivity contribution in [1.29, 1.82) is 0 Å². The van der Waals surface area contributed by atoms with Crippen LogP contribution in [-0.2, 0) is 7.05 Å². The first-order valence-corrected chi connectivity index (χ1v) is 6.41. The number of nitrogens with zero attached hydrogens (tertiary/aromatic N) is 3. The number of benzene rings is 1. The van der Waals surface area contributed by atoms with Gasteiger partial charge in [0, 0.05) is 43.2 Å². The van der Waals surface area contributed by atoms with Gasteiger partial charge in [-0.2, -0.15) is 5.10 Å². The molecular formula is C13H15N5O4. The van der Waals surface area contributed by atoms with E-state index in [1.807, 2.05) is 0 Å². The molecule has 0 bridgehead atoms. The Bertz CT molecular complexity index is 667. The van der Waals surface area contributed by atoms with Gasteiger partial charge in [0.25, 0.3) is 5.69 Å². The molecule has 0 radical (unpaired) electrons. The van der Waals surface area contributed by atoms with Crippen LogP contribution in [0.25, 0.3) is 0 Å². The van der Waals surface area contributed by atoms with Gasteiger partial charge in [0.15, 0.2) is 0 Å². The van der Waals surface area contributed by atoms with E-state index >= 15 is 0 Å². The topological polar surface area (TPSA) is 122 Å². The average molecular weight is 305 g/mol. The Balaban J connectivity index is 1.83. The van der Waals surface area contributed by atoms with Gasteiger partial charge < -0.3 is 15.7 Å². The molecule has 0 aliphatic rings. The summed E-state index contributed by atoms with van der Waals surface area (Å²) in [6.45, 7) is 0.0184. The molecule has 0 unspecified atom stereocenters. The van der Waals surface area contributed by atoms with Crippen molar-refractivity contribution < 1.29 is 14.8 Å². The summed E-state index contributed by atoms with van der Waals surface area (Å²) < 4.78 is 1.55. The molecule has 2 amide bonds. The largest absolute Gasteiger partial charge is 0.386 e. The number of carbonyl (C=O) groups excluding carboxylic acids is 1. The molecule has 0 aliphatic carbocycles. The summed E-state index contributed by atoms with van der Waals surface area (Å²) in [5, 5.41) is 29.3. The van der Waals surface area contributed by atoms with Gasteiger partial charge in [-0.3, -0.25) is 14.8 Å². The van der Waals surface area contributed by atoms with Crippen LogP contribution in [0.4, 0.5) is 16.2 Å². The van der Waals surface area contributed by atoms with Crippen LogP contribution in [-0.4, -0.2) is 32.4 Å². The highest BCUT2D eigenvalue weighted by molar-refractivity contribution is 5.89. The molecule has 1 atom stereocenters. The van der Waals surface area contributed by atoms with Gasteiger partial charge >= 0.3 is 6.03 Å². The minimum atomic E-state index is -0.865. The maximum absolute atomic E-state index is 11.7. The molecule has 0 spiro atoms. The number of aromatic nitrogens is 2. The first-order valence-electron chi connectivity index (χ1n) is 6.41. The number of non-ortho nitro benzene ring substituents is 1. The lowest BCUT2D eigenvalue weighted by molar-refractivity contribution is -0.384. The fraction of sp³-hybridized carbons (Fsp3) is 0.231. The number of aryl methyl sites for hydroxylation is 1. The van der Waals surface area contributed by atoms with Crippen molar-refractivity contribution in [2.24, 2.45) is 7.05 Å². The normalized spacial score (nSPS) is 11.7. The van der Waals surface area contributed by atoms with Crippen molar-refractivity contribution >= 4 is 17.4 Å². The predicted octanol–water partition coefficient (Wildman–Crippen LogP) is 1.18. The van der Waals surface area contributed by atoms with Crippen molar-refractivity contribution in [1.82, 2.24) is 15.1 Å². The Morgan fingerprint density at radius 3 is 2.68 bits per heavy atom. The second-order valence-electron chi connectivity index (χ2n) is 4.60. The zero-order chi connectivity index (χ0) is 16.1. The van der Waals surface area contributed by atoms with Gasteiger partial charge in [-0.05, 0) is 12.1 Å². The summed E-state index contributed by atoms with van der Waals surface area (Å²) in [4.78, 5) is 21.7. The molecule has 2 aromatic rings. The van der Waals surface area contributed by atoms with E-state index in [4.69, 9.17) is 0 Å². The van der Waals surface area contributed by atoms with Gasteiger partial charge in [-0.1, -0.05) is 0 Å². The van der Waals surface area contributed by atoms with E-state index in [0.29, 0.717) is 11.3 Å². The summed E-state index contributed by atoms with van der Waals surface area (Å²) in [5.74, 6) is 0. The fourth-order valence-electron chi connectivity index (χ4n) is 1.76. The third-order valence-corrected chi connectivity index (χ3v) is 2.90. The molecule has 1 aromatic carbocycles. The number of anilines is 1. The lowest BCUT2D eigenvalue weighted by Crippen LogP contribution is -2.32. The highest BCUT2D eigenvalue weighted by Crippen LogP contribution is 2.15. The fourth-order valence-corrected chi connectivity index (χ4v) is 1.76. The van der Waals surface area contributed by atoms with E-state index in [1.54, 1.807) is 17.9 Å². The van der Waals surface area contributed by atoms with Crippen molar-refractivity contribution in [3.05, 3.63) is 52.3 Å². The van der Waals surface area contributed by atoms with Crippen LogP contribution >= 0.6 is 0 Å². The Labute approximate surface area is 125 Å². The number of aliphatic hydroxyl groups is 1. The molecule has 0 fully saturated rings.